The molecular weight excluding hydrogens is 846 g/mol. The van der Waals surface area contributed by atoms with Crippen molar-refractivity contribution in [2.24, 2.45) is 0 Å². The van der Waals surface area contributed by atoms with Gasteiger partial charge in [0, 0.05) is 12.8 Å². The van der Waals surface area contributed by atoms with Gasteiger partial charge < -0.3 is 27.9 Å². The van der Waals surface area contributed by atoms with E-state index in [-0.39, 0.29) is 32.0 Å². The highest BCUT2D eigenvalue weighted by atomic mass is 31.2. The van der Waals surface area contributed by atoms with E-state index in [1.54, 1.807) is 0 Å². The number of hydrogen-bond donors (Lipinski definition) is 0. The average Bonchev–Trinajstić information content (AvgIpc) is 3.27. The lowest BCUT2D eigenvalue weighted by Gasteiger charge is -2.28. The maximum absolute atomic E-state index is 12.7. The highest BCUT2D eigenvalue weighted by molar-refractivity contribution is 7.45. The van der Waals surface area contributed by atoms with Crippen molar-refractivity contribution >= 4 is 19.8 Å². The predicted octanol–water partition coefficient (Wildman–Crippen LogP) is 16.4. The van der Waals surface area contributed by atoms with Crippen molar-refractivity contribution in [3.8, 4) is 0 Å². The van der Waals surface area contributed by atoms with E-state index in [1.807, 2.05) is 21.1 Å². The van der Waals surface area contributed by atoms with Gasteiger partial charge in [0.2, 0.25) is 0 Å². The molecule has 0 aliphatic rings. The number of carbonyl (C=O) groups is 2. The summed E-state index contributed by atoms with van der Waals surface area (Å²) in [5.74, 6) is -0.837. The smallest absolute Gasteiger partial charge is 0.306 e. The molecule has 0 fully saturated rings. The summed E-state index contributed by atoms with van der Waals surface area (Å²) >= 11 is 0. The van der Waals surface area contributed by atoms with Gasteiger partial charge in [-0.05, 0) is 38.5 Å². The molecule has 0 heterocycles. The highest BCUT2D eigenvalue weighted by Crippen LogP contribution is 2.38. The van der Waals surface area contributed by atoms with Crippen LogP contribution < -0.4 is 4.89 Å². The standard InChI is InChI=1S/C56H108NO8P/c1-6-8-10-12-14-16-18-20-22-23-24-25-26-27-28-29-30-31-32-33-34-35-37-38-40-42-44-46-48-55(58)62-52-54(53-64-66(60,61)63-51-50-57(3,4)5)65-56(59)49-47-45-43-41-39-36-21-19-17-15-13-11-9-7-2/h13,15,19,21,54H,6-12,14,16-18,20,22-53H2,1-5H3/b15-13-,21-19-. The lowest BCUT2D eigenvalue weighted by molar-refractivity contribution is -0.870. The second-order valence-corrected chi connectivity index (χ2v) is 21.7. The van der Waals surface area contributed by atoms with E-state index in [1.165, 1.54) is 173 Å². The Morgan fingerprint density at radius 1 is 0.470 bits per heavy atom. The van der Waals surface area contributed by atoms with Crippen molar-refractivity contribution in [1.82, 2.24) is 0 Å². The Bertz CT molecular complexity index is 1170. The maximum atomic E-state index is 12.7. The van der Waals surface area contributed by atoms with Crippen LogP contribution in [0.2, 0.25) is 0 Å². The highest BCUT2D eigenvalue weighted by Gasteiger charge is 2.21. The summed E-state index contributed by atoms with van der Waals surface area (Å²) in [6, 6.07) is 0. The molecule has 0 bridgehead atoms. The van der Waals surface area contributed by atoms with Gasteiger partial charge in [-0.1, -0.05) is 244 Å². The van der Waals surface area contributed by atoms with Crippen LogP contribution in [0.1, 0.15) is 271 Å². The Labute approximate surface area is 409 Å². The first-order valence-electron chi connectivity index (χ1n) is 28.0. The third-order valence-corrected chi connectivity index (χ3v) is 13.4. The van der Waals surface area contributed by atoms with Crippen LogP contribution in [0.25, 0.3) is 0 Å². The fourth-order valence-corrected chi connectivity index (χ4v) is 8.82. The lowest BCUT2D eigenvalue weighted by Crippen LogP contribution is -2.37. The molecule has 390 valence electrons. The molecule has 0 aliphatic heterocycles. The molecule has 0 aliphatic carbocycles. The summed E-state index contributed by atoms with van der Waals surface area (Å²) < 4.78 is 34.1. The number of allylic oxidation sites excluding steroid dienone is 4. The van der Waals surface area contributed by atoms with E-state index >= 15 is 0 Å². The van der Waals surface area contributed by atoms with E-state index in [4.69, 9.17) is 18.5 Å². The monoisotopic (exact) mass is 954 g/mol. The molecule has 0 aromatic rings. The van der Waals surface area contributed by atoms with Gasteiger partial charge in [-0.25, -0.2) is 0 Å². The summed E-state index contributed by atoms with van der Waals surface area (Å²) in [4.78, 5) is 37.7. The number of nitrogens with zero attached hydrogens (tertiary/aromatic N) is 1. The number of rotatable bonds is 52. The number of quaternary nitrogens is 1. The SMILES string of the molecule is CCCC/C=C\C/C=C\CCCCCCCC(=O)OC(COC(=O)CCCCCCCCCCCCCCCCCCCCCCCCCCCCCC)COP(=O)([O-])OCC[N+](C)(C)C. The third-order valence-electron chi connectivity index (χ3n) is 12.5. The molecule has 2 unspecified atom stereocenters. The maximum Gasteiger partial charge on any atom is 0.306 e. The minimum Gasteiger partial charge on any atom is -0.756 e. The van der Waals surface area contributed by atoms with Crippen LogP contribution in [0, 0.1) is 0 Å². The zero-order valence-corrected chi connectivity index (χ0v) is 45.1. The second-order valence-electron chi connectivity index (χ2n) is 20.3. The largest absolute Gasteiger partial charge is 0.756 e. The molecule has 0 saturated heterocycles. The Hall–Kier alpha value is -1.51. The predicted molar refractivity (Wildman–Crippen MR) is 278 cm³/mol. The molecular formula is C56H108NO8P. The van der Waals surface area contributed by atoms with Crippen LogP contribution in [0.5, 0.6) is 0 Å². The number of hydrogen-bond acceptors (Lipinski definition) is 8. The van der Waals surface area contributed by atoms with E-state index in [9.17, 15) is 19.0 Å². The number of esters is 2. The van der Waals surface area contributed by atoms with Gasteiger partial charge in [0.25, 0.3) is 7.82 Å². The average molecular weight is 954 g/mol. The molecule has 0 radical (unpaired) electrons. The van der Waals surface area contributed by atoms with E-state index in [2.05, 4.69) is 38.2 Å². The zero-order chi connectivity index (χ0) is 48.5. The molecule has 0 saturated carbocycles. The van der Waals surface area contributed by atoms with Crippen LogP contribution in [0.15, 0.2) is 24.3 Å². The van der Waals surface area contributed by atoms with Crippen LogP contribution in [-0.4, -0.2) is 70.0 Å². The van der Waals surface area contributed by atoms with Crippen molar-refractivity contribution in [2.45, 2.75) is 277 Å². The fourth-order valence-electron chi connectivity index (χ4n) is 8.09. The molecule has 0 spiro atoms. The van der Waals surface area contributed by atoms with E-state index < -0.39 is 26.5 Å². The topological polar surface area (TPSA) is 111 Å². The van der Waals surface area contributed by atoms with E-state index in [0.29, 0.717) is 17.4 Å². The first kappa shape index (κ1) is 64.5. The molecule has 0 amide bonds. The van der Waals surface area contributed by atoms with Crippen molar-refractivity contribution in [3.63, 3.8) is 0 Å². The Kier molecular flexibility index (Phi) is 47.4. The van der Waals surface area contributed by atoms with Crippen molar-refractivity contribution in [2.75, 3.05) is 47.5 Å². The van der Waals surface area contributed by atoms with Crippen LogP contribution in [0.4, 0.5) is 0 Å². The minimum atomic E-state index is -4.63. The number of carbonyl (C=O) groups excluding carboxylic acids is 2. The number of unbranched alkanes of at least 4 members (excludes halogenated alkanes) is 34. The first-order chi connectivity index (χ1) is 32.0. The van der Waals surface area contributed by atoms with Crippen LogP contribution >= 0.6 is 7.82 Å². The van der Waals surface area contributed by atoms with Gasteiger partial charge >= 0.3 is 11.9 Å². The molecule has 9 nitrogen and oxygen atoms in total. The molecule has 2 atom stereocenters. The summed E-state index contributed by atoms with van der Waals surface area (Å²) in [6.45, 7) is 4.22. The van der Waals surface area contributed by atoms with Crippen LogP contribution in [-0.2, 0) is 32.7 Å². The van der Waals surface area contributed by atoms with Gasteiger partial charge in [0.1, 0.15) is 19.8 Å². The number of ether oxygens (including phenoxy) is 2. The Morgan fingerprint density at radius 2 is 0.833 bits per heavy atom. The lowest BCUT2D eigenvalue weighted by atomic mass is 10.0. The van der Waals surface area contributed by atoms with Crippen LogP contribution in [0.3, 0.4) is 0 Å². The summed E-state index contributed by atoms with van der Waals surface area (Å²) in [6.07, 6.45) is 56.6. The molecule has 0 aromatic heterocycles. The van der Waals surface area contributed by atoms with Gasteiger partial charge in [-0.15, -0.1) is 0 Å². The molecule has 0 aromatic carbocycles. The third kappa shape index (κ3) is 51.9. The minimum absolute atomic E-state index is 0.0316. The summed E-state index contributed by atoms with van der Waals surface area (Å²) in [5, 5.41) is 0. The quantitative estimate of drug-likeness (QED) is 0.0195. The van der Waals surface area contributed by atoms with Gasteiger partial charge in [-0.2, -0.15) is 0 Å². The summed E-state index contributed by atoms with van der Waals surface area (Å²) in [7, 11) is 1.17. The summed E-state index contributed by atoms with van der Waals surface area (Å²) in [5.41, 5.74) is 0. The molecule has 10 heteroatoms. The molecule has 66 heavy (non-hydrogen) atoms. The molecule has 0 N–H and O–H groups in total. The van der Waals surface area contributed by atoms with Gasteiger partial charge in [-0.3, -0.25) is 14.2 Å². The second kappa shape index (κ2) is 48.5. The van der Waals surface area contributed by atoms with Crippen molar-refractivity contribution < 1.29 is 42.1 Å². The first-order valence-corrected chi connectivity index (χ1v) is 29.5. The van der Waals surface area contributed by atoms with Gasteiger partial charge in [0.05, 0.1) is 27.7 Å². The number of phosphoric ester groups is 1. The van der Waals surface area contributed by atoms with Gasteiger partial charge in [0.15, 0.2) is 6.10 Å². The van der Waals surface area contributed by atoms with Crippen molar-refractivity contribution in [1.29, 1.82) is 0 Å². The fraction of sp³-hybridized carbons (Fsp3) is 0.893. The van der Waals surface area contributed by atoms with E-state index in [0.717, 1.165) is 64.2 Å². The molecule has 0 rings (SSSR count). The normalized spacial score (nSPS) is 13.5. The Balaban J connectivity index is 4.04. The zero-order valence-electron chi connectivity index (χ0n) is 44.2. The Morgan fingerprint density at radius 3 is 1.24 bits per heavy atom. The van der Waals surface area contributed by atoms with Crippen molar-refractivity contribution in [3.05, 3.63) is 24.3 Å². The number of likely N-dealkylation sites (N-methyl/N-ethyl adjacent to an activating group) is 1. The number of phosphoric acid groups is 1.